The number of rotatable bonds is 1. The van der Waals surface area contributed by atoms with Crippen LogP contribution < -0.4 is 4.90 Å². The first kappa shape index (κ1) is 8.86. The van der Waals surface area contributed by atoms with Crippen molar-refractivity contribution in [3.8, 4) is 0 Å². The van der Waals surface area contributed by atoms with E-state index < -0.39 is 11.7 Å². The first-order valence-corrected chi connectivity index (χ1v) is 4.24. The van der Waals surface area contributed by atoms with Crippen molar-refractivity contribution in [2.45, 2.75) is 13.0 Å². The molecule has 0 fully saturated rings. The van der Waals surface area contributed by atoms with E-state index >= 15 is 0 Å². The molecule has 1 aliphatic heterocycles. The third-order valence-electron chi connectivity index (χ3n) is 2.07. The van der Waals surface area contributed by atoms with Gasteiger partial charge in [0, 0.05) is 13.1 Å². The molecule has 1 amide bonds. The molecule has 0 atom stereocenters. The molecule has 0 bridgehead atoms. The van der Waals surface area contributed by atoms with Crippen molar-refractivity contribution >= 4 is 11.9 Å². The van der Waals surface area contributed by atoms with E-state index in [4.69, 9.17) is 0 Å². The molecule has 14 heavy (non-hydrogen) atoms. The Hall–Kier alpha value is -1.72. The Morgan fingerprint density at radius 1 is 1.57 bits per heavy atom. The van der Waals surface area contributed by atoms with E-state index in [0.29, 0.717) is 19.0 Å². The number of amides is 1. The first-order valence-electron chi connectivity index (χ1n) is 4.24. The van der Waals surface area contributed by atoms with Crippen molar-refractivity contribution in [1.82, 2.24) is 14.8 Å². The predicted molar refractivity (Wildman–Crippen MR) is 47.2 cm³/mol. The number of aromatic nitrogens is 3. The van der Waals surface area contributed by atoms with Crippen molar-refractivity contribution < 1.29 is 9.18 Å². The van der Waals surface area contributed by atoms with E-state index in [1.165, 1.54) is 11.2 Å². The van der Waals surface area contributed by atoms with Crippen LogP contribution in [-0.2, 0) is 11.3 Å². The standard InChI is InChI=1S/C8H9FN4O/c1-6(9)7(14)12-3-2-4-13-8(12)10-5-11-13/h5H,1-4H2. The Balaban J connectivity index is 2.32. The number of carbonyl (C=O) groups is 1. The van der Waals surface area contributed by atoms with E-state index in [-0.39, 0.29) is 0 Å². The van der Waals surface area contributed by atoms with Gasteiger partial charge in [-0.25, -0.2) is 9.07 Å². The largest absolute Gasteiger partial charge is 0.288 e. The third kappa shape index (κ3) is 1.28. The van der Waals surface area contributed by atoms with Crippen molar-refractivity contribution in [3.63, 3.8) is 0 Å². The number of halogens is 1. The lowest BCUT2D eigenvalue weighted by Crippen LogP contribution is -2.38. The third-order valence-corrected chi connectivity index (χ3v) is 2.07. The first-order chi connectivity index (χ1) is 6.70. The molecule has 5 nitrogen and oxygen atoms in total. The second kappa shape index (κ2) is 3.21. The van der Waals surface area contributed by atoms with Crippen molar-refractivity contribution in [3.05, 3.63) is 18.7 Å². The van der Waals surface area contributed by atoms with Crippen LogP contribution in [0, 0.1) is 0 Å². The van der Waals surface area contributed by atoms with Crippen molar-refractivity contribution in [2.75, 3.05) is 11.4 Å². The second-order valence-electron chi connectivity index (χ2n) is 3.00. The Morgan fingerprint density at radius 2 is 2.36 bits per heavy atom. The van der Waals surface area contributed by atoms with Gasteiger partial charge in [0.1, 0.15) is 6.33 Å². The number of hydrogen-bond donors (Lipinski definition) is 0. The lowest BCUT2D eigenvalue weighted by Gasteiger charge is -2.24. The Kier molecular flexibility index (Phi) is 2.03. The summed E-state index contributed by atoms with van der Waals surface area (Å²) in [4.78, 5) is 16.5. The molecule has 1 aliphatic rings. The summed E-state index contributed by atoms with van der Waals surface area (Å²) in [5.74, 6) is -1.32. The van der Waals surface area contributed by atoms with Crippen LogP contribution in [-0.4, -0.2) is 27.2 Å². The summed E-state index contributed by atoms with van der Waals surface area (Å²) in [5, 5.41) is 3.91. The zero-order valence-electron chi connectivity index (χ0n) is 7.48. The summed E-state index contributed by atoms with van der Waals surface area (Å²) in [7, 11) is 0. The summed E-state index contributed by atoms with van der Waals surface area (Å²) >= 11 is 0. The lowest BCUT2D eigenvalue weighted by molar-refractivity contribution is -0.116. The molecule has 0 aromatic carbocycles. The molecule has 0 saturated carbocycles. The summed E-state index contributed by atoms with van der Waals surface area (Å²) in [6.45, 7) is 4.14. The maximum Gasteiger partial charge on any atom is 0.288 e. The minimum atomic E-state index is -0.971. The molecular weight excluding hydrogens is 187 g/mol. The minimum Gasteiger partial charge on any atom is -0.275 e. The molecule has 0 unspecified atom stereocenters. The van der Waals surface area contributed by atoms with Gasteiger partial charge in [-0.2, -0.15) is 10.1 Å². The molecule has 1 aromatic heterocycles. The molecule has 0 saturated heterocycles. The van der Waals surface area contributed by atoms with Gasteiger partial charge in [0.05, 0.1) is 0 Å². The van der Waals surface area contributed by atoms with Crippen molar-refractivity contribution in [2.24, 2.45) is 0 Å². The van der Waals surface area contributed by atoms with Crippen LogP contribution in [0.25, 0.3) is 0 Å². The van der Waals surface area contributed by atoms with Crippen LogP contribution in [0.15, 0.2) is 18.7 Å². The van der Waals surface area contributed by atoms with Gasteiger partial charge >= 0.3 is 0 Å². The molecule has 0 aliphatic carbocycles. The highest BCUT2D eigenvalue weighted by Crippen LogP contribution is 2.18. The van der Waals surface area contributed by atoms with Gasteiger partial charge < -0.3 is 0 Å². The van der Waals surface area contributed by atoms with Crippen LogP contribution in [0.4, 0.5) is 10.3 Å². The van der Waals surface area contributed by atoms with Gasteiger partial charge in [0.25, 0.3) is 5.91 Å². The maximum atomic E-state index is 12.6. The molecule has 1 aromatic rings. The van der Waals surface area contributed by atoms with Gasteiger partial charge in [0.15, 0.2) is 5.83 Å². The van der Waals surface area contributed by atoms with E-state index in [1.54, 1.807) is 4.68 Å². The Labute approximate surface area is 79.8 Å². The fraction of sp³-hybridized carbons (Fsp3) is 0.375. The van der Waals surface area contributed by atoms with Gasteiger partial charge in [-0.3, -0.25) is 9.69 Å². The Bertz CT molecular complexity index is 386. The highest BCUT2D eigenvalue weighted by molar-refractivity contribution is 6.02. The molecule has 2 rings (SSSR count). The monoisotopic (exact) mass is 196 g/mol. The average Bonchev–Trinajstić information content (AvgIpc) is 2.63. The molecular formula is C8H9FN4O. The summed E-state index contributed by atoms with van der Waals surface area (Å²) in [6.07, 6.45) is 2.09. The highest BCUT2D eigenvalue weighted by Gasteiger charge is 2.26. The highest BCUT2D eigenvalue weighted by atomic mass is 19.1. The molecule has 0 N–H and O–H groups in total. The van der Waals surface area contributed by atoms with E-state index in [1.807, 2.05) is 0 Å². The van der Waals surface area contributed by atoms with Crippen molar-refractivity contribution in [1.29, 1.82) is 0 Å². The van der Waals surface area contributed by atoms with E-state index in [2.05, 4.69) is 16.7 Å². The van der Waals surface area contributed by atoms with Gasteiger partial charge in [-0.15, -0.1) is 0 Å². The average molecular weight is 196 g/mol. The van der Waals surface area contributed by atoms with Crippen LogP contribution in [0.1, 0.15) is 6.42 Å². The van der Waals surface area contributed by atoms with Crippen LogP contribution in [0.5, 0.6) is 0 Å². The van der Waals surface area contributed by atoms with Gasteiger partial charge in [0.2, 0.25) is 5.95 Å². The zero-order valence-corrected chi connectivity index (χ0v) is 7.48. The quantitative estimate of drug-likeness (QED) is 0.614. The minimum absolute atomic E-state index is 0.389. The lowest BCUT2D eigenvalue weighted by atomic mass is 10.3. The van der Waals surface area contributed by atoms with E-state index in [9.17, 15) is 9.18 Å². The van der Waals surface area contributed by atoms with E-state index in [0.717, 1.165) is 6.42 Å². The number of carbonyl (C=O) groups excluding carboxylic acids is 1. The smallest absolute Gasteiger partial charge is 0.275 e. The van der Waals surface area contributed by atoms with Crippen LogP contribution in [0.3, 0.4) is 0 Å². The van der Waals surface area contributed by atoms with Gasteiger partial charge in [-0.05, 0) is 6.42 Å². The topological polar surface area (TPSA) is 51.0 Å². The number of anilines is 1. The SMILES string of the molecule is C=C(F)C(=O)N1CCCn2ncnc21. The van der Waals surface area contributed by atoms with Gasteiger partial charge in [-0.1, -0.05) is 6.58 Å². The Morgan fingerprint density at radius 3 is 3.07 bits per heavy atom. The molecule has 2 heterocycles. The number of hydrogen-bond acceptors (Lipinski definition) is 3. The predicted octanol–water partition coefficient (Wildman–Crippen LogP) is 0.498. The molecule has 0 spiro atoms. The summed E-state index contributed by atoms with van der Waals surface area (Å²) < 4.78 is 14.2. The fourth-order valence-electron chi connectivity index (χ4n) is 1.44. The zero-order chi connectivity index (χ0) is 10.1. The number of fused-ring (bicyclic) bond motifs is 1. The number of aryl methyl sites for hydroxylation is 1. The molecule has 74 valence electrons. The normalized spacial score (nSPS) is 15.1. The number of nitrogens with zero attached hydrogens (tertiary/aromatic N) is 4. The second-order valence-corrected chi connectivity index (χ2v) is 3.00. The molecule has 0 radical (unpaired) electrons. The van der Waals surface area contributed by atoms with Crippen LogP contribution >= 0.6 is 0 Å². The maximum absolute atomic E-state index is 12.6. The fourth-order valence-corrected chi connectivity index (χ4v) is 1.44. The van der Waals surface area contributed by atoms with Crippen LogP contribution in [0.2, 0.25) is 0 Å². The molecule has 6 heteroatoms. The summed E-state index contributed by atoms with van der Waals surface area (Å²) in [6, 6.07) is 0. The summed E-state index contributed by atoms with van der Waals surface area (Å²) in [5.41, 5.74) is 0.